The Balaban J connectivity index is 1.44. The van der Waals surface area contributed by atoms with Gasteiger partial charge in [0.15, 0.2) is 5.96 Å². The Morgan fingerprint density at radius 3 is 2.58 bits per heavy atom. The number of aryl methyl sites for hydroxylation is 1. The van der Waals surface area contributed by atoms with Crippen LogP contribution in [0.25, 0.3) is 0 Å². The molecule has 1 N–H and O–H groups in total. The second-order valence-electron chi connectivity index (χ2n) is 7.43. The molecule has 0 saturated heterocycles. The summed E-state index contributed by atoms with van der Waals surface area (Å²) in [4.78, 5) is 6.60. The molecule has 1 aliphatic rings. The highest BCUT2D eigenvalue weighted by Gasteiger charge is 2.22. The van der Waals surface area contributed by atoms with Gasteiger partial charge in [0.25, 0.3) is 0 Å². The molecule has 1 aromatic heterocycles. The van der Waals surface area contributed by atoms with E-state index >= 15 is 0 Å². The summed E-state index contributed by atoms with van der Waals surface area (Å²) in [5, 5.41) is 7.81. The van der Waals surface area contributed by atoms with E-state index in [1.807, 2.05) is 25.0 Å². The number of rotatable bonds is 5. The maximum atomic E-state index is 4.44. The van der Waals surface area contributed by atoms with Crippen molar-refractivity contribution < 1.29 is 0 Å². The molecule has 1 aliphatic carbocycles. The minimum atomic E-state index is 0.735. The summed E-state index contributed by atoms with van der Waals surface area (Å²) < 4.78 is 1.84. The molecule has 0 amide bonds. The monoisotopic (exact) mass is 353 g/mol. The van der Waals surface area contributed by atoms with Gasteiger partial charge in [-0.1, -0.05) is 30.3 Å². The molecular formula is C21H31N5. The first-order valence-electron chi connectivity index (χ1n) is 9.60. The molecule has 0 aliphatic heterocycles. The fourth-order valence-electron chi connectivity index (χ4n) is 3.95. The van der Waals surface area contributed by atoms with Gasteiger partial charge >= 0.3 is 0 Å². The van der Waals surface area contributed by atoms with Crippen LogP contribution >= 0.6 is 0 Å². The molecule has 1 heterocycles. The Kier molecular flexibility index (Phi) is 6.31. The molecule has 0 unspecified atom stereocenters. The van der Waals surface area contributed by atoms with Gasteiger partial charge in [-0.05, 0) is 43.1 Å². The van der Waals surface area contributed by atoms with E-state index in [4.69, 9.17) is 0 Å². The van der Waals surface area contributed by atoms with Crippen LogP contribution in [0, 0.1) is 5.92 Å². The van der Waals surface area contributed by atoms with Gasteiger partial charge in [-0.15, -0.1) is 0 Å². The van der Waals surface area contributed by atoms with Crippen molar-refractivity contribution >= 4 is 5.96 Å². The number of benzene rings is 1. The Hall–Kier alpha value is -2.30. The van der Waals surface area contributed by atoms with Gasteiger partial charge in [-0.2, -0.15) is 5.10 Å². The predicted molar refractivity (Wildman–Crippen MR) is 107 cm³/mol. The fourth-order valence-corrected chi connectivity index (χ4v) is 3.95. The number of hydrogen-bond donors (Lipinski definition) is 1. The van der Waals surface area contributed by atoms with Crippen molar-refractivity contribution in [3.8, 4) is 0 Å². The summed E-state index contributed by atoms with van der Waals surface area (Å²) in [6.07, 6.45) is 9.12. The predicted octanol–water partition coefficient (Wildman–Crippen LogP) is 3.40. The van der Waals surface area contributed by atoms with Crippen molar-refractivity contribution in [2.45, 2.75) is 38.1 Å². The van der Waals surface area contributed by atoms with E-state index in [0.29, 0.717) is 0 Å². The van der Waals surface area contributed by atoms with E-state index in [1.165, 1.54) is 36.8 Å². The average molecular weight is 354 g/mol. The van der Waals surface area contributed by atoms with Crippen LogP contribution in [0.5, 0.6) is 0 Å². The number of nitrogens with one attached hydrogen (secondary N) is 1. The van der Waals surface area contributed by atoms with Crippen molar-refractivity contribution in [3.63, 3.8) is 0 Å². The molecule has 1 aromatic carbocycles. The minimum Gasteiger partial charge on any atom is -0.356 e. The van der Waals surface area contributed by atoms with Gasteiger partial charge in [0.1, 0.15) is 0 Å². The second-order valence-corrected chi connectivity index (χ2v) is 7.43. The van der Waals surface area contributed by atoms with E-state index < -0.39 is 0 Å². The Morgan fingerprint density at radius 2 is 1.96 bits per heavy atom. The number of aromatic nitrogens is 2. The molecule has 0 radical (unpaired) electrons. The fraction of sp³-hybridized carbons (Fsp3) is 0.524. The van der Waals surface area contributed by atoms with Crippen molar-refractivity contribution in [3.05, 3.63) is 53.9 Å². The lowest BCUT2D eigenvalue weighted by Crippen LogP contribution is -2.41. The average Bonchev–Trinajstić information content (AvgIpc) is 3.08. The molecule has 0 atom stereocenters. The molecule has 5 heteroatoms. The molecule has 26 heavy (non-hydrogen) atoms. The van der Waals surface area contributed by atoms with E-state index in [9.17, 15) is 0 Å². The highest BCUT2D eigenvalue weighted by molar-refractivity contribution is 5.79. The molecule has 2 aromatic rings. The summed E-state index contributed by atoms with van der Waals surface area (Å²) in [6.45, 7) is 1.82. The first-order valence-corrected chi connectivity index (χ1v) is 9.60. The lowest BCUT2D eigenvalue weighted by Gasteiger charge is -2.30. The second kappa shape index (κ2) is 8.88. The number of nitrogens with zero attached hydrogens (tertiary/aromatic N) is 4. The molecular weight excluding hydrogens is 322 g/mol. The summed E-state index contributed by atoms with van der Waals surface area (Å²) >= 11 is 0. The van der Waals surface area contributed by atoms with Crippen LogP contribution in [0.2, 0.25) is 0 Å². The van der Waals surface area contributed by atoms with Crippen molar-refractivity contribution in [1.82, 2.24) is 20.0 Å². The first-order chi connectivity index (χ1) is 12.7. The molecule has 5 nitrogen and oxygen atoms in total. The van der Waals surface area contributed by atoms with E-state index in [-0.39, 0.29) is 0 Å². The van der Waals surface area contributed by atoms with Gasteiger partial charge < -0.3 is 10.2 Å². The van der Waals surface area contributed by atoms with E-state index in [1.54, 1.807) is 0 Å². The topological polar surface area (TPSA) is 45.5 Å². The third-order valence-electron chi connectivity index (χ3n) is 5.42. The SMILES string of the molecule is CN=C(NCC1CCC(c2ccccc2)CC1)N(C)Cc1cnn(C)c1. The van der Waals surface area contributed by atoms with Crippen LogP contribution in [0.4, 0.5) is 0 Å². The van der Waals surface area contributed by atoms with Crippen molar-refractivity contribution in [2.24, 2.45) is 18.0 Å². The number of hydrogen-bond acceptors (Lipinski definition) is 2. The van der Waals surface area contributed by atoms with Gasteiger partial charge in [-0.25, -0.2) is 0 Å². The molecule has 1 saturated carbocycles. The van der Waals surface area contributed by atoms with Crippen molar-refractivity contribution in [1.29, 1.82) is 0 Å². The molecule has 3 rings (SSSR count). The Labute approximate surface area is 157 Å². The third-order valence-corrected chi connectivity index (χ3v) is 5.42. The van der Waals surface area contributed by atoms with E-state index in [2.05, 4.69) is 63.9 Å². The Bertz CT molecular complexity index is 698. The summed E-state index contributed by atoms with van der Waals surface area (Å²) in [6, 6.07) is 11.0. The third kappa shape index (κ3) is 4.87. The van der Waals surface area contributed by atoms with Crippen molar-refractivity contribution in [2.75, 3.05) is 20.6 Å². The van der Waals surface area contributed by atoms with Crippen LogP contribution in [-0.4, -0.2) is 41.3 Å². The molecule has 0 spiro atoms. The van der Waals surface area contributed by atoms with Gasteiger partial charge in [0.2, 0.25) is 0 Å². The molecule has 140 valence electrons. The minimum absolute atomic E-state index is 0.735. The smallest absolute Gasteiger partial charge is 0.193 e. The van der Waals surface area contributed by atoms with Gasteiger partial charge in [0, 0.05) is 46.0 Å². The standard InChI is InChI=1S/C21H31N5/c1-22-21(25(2)15-18-14-24-26(3)16-18)23-13-17-9-11-20(12-10-17)19-7-5-4-6-8-19/h4-8,14,16-17,20H,9-13,15H2,1-3H3,(H,22,23). The largest absolute Gasteiger partial charge is 0.356 e. The van der Waals surface area contributed by atoms with Gasteiger partial charge in [-0.3, -0.25) is 9.67 Å². The summed E-state index contributed by atoms with van der Waals surface area (Å²) in [5.41, 5.74) is 2.70. The maximum absolute atomic E-state index is 4.44. The maximum Gasteiger partial charge on any atom is 0.193 e. The zero-order valence-electron chi connectivity index (χ0n) is 16.2. The highest BCUT2D eigenvalue weighted by Crippen LogP contribution is 2.35. The highest BCUT2D eigenvalue weighted by atomic mass is 15.3. The van der Waals surface area contributed by atoms with Gasteiger partial charge in [0.05, 0.1) is 6.20 Å². The lowest BCUT2D eigenvalue weighted by molar-refractivity contribution is 0.321. The first kappa shape index (κ1) is 18.5. The summed E-state index contributed by atoms with van der Waals surface area (Å²) in [5.74, 6) is 2.43. The van der Waals surface area contributed by atoms with Crippen LogP contribution in [0.3, 0.4) is 0 Å². The zero-order chi connectivity index (χ0) is 18.4. The van der Waals surface area contributed by atoms with Crippen LogP contribution < -0.4 is 5.32 Å². The zero-order valence-corrected chi connectivity index (χ0v) is 16.2. The Morgan fingerprint density at radius 1 is 1.23 bits per heavy atom. The van der Waals surface area contributed by atoms with Crippen LogP contribution in [0.1, 0.15) is 42.7 Å². The molecule has 1 fully saturated rings. The van der Waals surface area contributed by atoms with Crippen LogP contribution in [-0.2, 0) is 13.6 Å². The van der Waals surface area contributed by atoms with Crippen LogP contribution in [0.15, 0.2) is 47.7 Å². The quantitative estimate of drug-likeness (QED) is 0.662. The van der Waals surface area contributed by atoms with E-state index in [0.717, 1.165) is 30.9 Å². The number of aliphatic imine (C=N–C) groups is 1. The summed E-state index contributed by atoms with van der Waals surface area (Å²) in [7, 11) is 5.88. The normalized spacial score (nSPS) is 20.8. The molecule has 0 bridgehead atoms. The number of guanidine groups is 1. The lowest BCUT2D eigenvalue weighted by atomic mass is 9.79.